The molecular weight excluding hydrogens is 1070 g/mol. The summed E-state index contributed by atoms with van der Waals surface area (Å²) in [7, 11) is 2.59. The molecule has 0 radical (unpaired) electrons. The Morgan fingerprint density at radius 1 is 0.698 bits per heavy atom. The second kappa shape index (κ2) is 28.2. The van der Waals surface area contributed by atoms with Crippen LogP contribution in [0.1, 0.15) is 88.4 Å². The number of likely N-dealkylation sites (tertiary alicyclic amines) is 2. The lowest BCUT2D eigenvalue weighted by molar-refractivity contribution is -0.136. The lowest BCUT2D eigenvalue weighted by atomic mass is 9.66. The Kier molecular flexibility index (Phi) is 20.0. The number of methoxy groups -OCH3 is 2. The minimum absolute atomic E-state index is 0.123. The first-order valence-electron chi connectivity index (χ1n) is 29.5. The first-order valence-corrected chi connectivity index (χ1v) is 29.5. The van der Waals surface area contributed by atoms with Crippen molar-refractivity contribution in [2.75, 3.05) is 27.3 Å². The number of hydrogen-bond donors (Lipinski definition) is 5. The van der Waals surface area contributed by atoms with Gasteiger partial charge in [0.25, 0.3) is 0 Å². The van der Waals surface area contributed by atoms with Gasteiger partial charge in [0.15, 0.2) is 0 Å². The quantitative estimate of drug-likeness (QED) is 0.0347. The molecule has 3 aliphatic heterocycles. The molecule has 2 saturated heterocycles. The Bertz CT molecular complexity index is 3540. The summed E-state index contributed by atoms with van der Waals surface area (Å²) < 4.78 is 12.0. The molecule has 0 spiro atoms. The van der Waals surface area contributed by atoms with Crippen LogP contribution in [0.15, 0.2) is 182 Å². The van der Waals surface area contributed by atoms with Crippen LogP contribution in [0.2, 0.25) is 0 Å². The molecule has 4 aromatic carbocycles. The third-order valence-electron chi connectivity index (χ3n) is 16.6. The Morgan fingerprint density at radius 2 is 1.26 bits per heavy atom. The van der Waals surface area contributed by atoms with Crippen molar-refractivity contribution in [3.8, 4) is 58.5 Å². The monoisotopic (exact) mass is 1150 g/mol. The minimum Gasteiger partial charge on any atom is -0.453 e. The summed E-state index contributed by atoms with van der Waals surface area (Å²) in [4.78, 5) is 64.3. The first kappa shape index (κ1) is 60.8. The van der Waals surface area contributed by atoms with Gasteiger partial charge in [0.05, 0.1) is 43.9 Å². The molecule has 5 N–H and O–H groups in total. The van der Waals surface area contributed by atoms with Crippen LogP contribution in [0.3, 0.4) is 0 Å². The molecule has 15 nitrogen and oxygen atoms in total. The van der Waals surface area contributed by atoms with Gasteiger partial charge in [0, 0.05) is 42.6 Å². The lowest BCUT2D eigenvalue weighted by Crippen LogP contribution is -2.57. The number of carbonyl (C=O) groups excluding carboxylic acids is 4. The van der Waals surface area contributed by atoms with Crippen molar-refractivity contribution in [1.29, 1.82) is 0 Å². The Morgan fingerprint density at radius 3 is 1.83 bits per heavy atom. The summed E-state index contributed by atoms with van der Waals surface area (Å²) in [6, 6.07) is 40.3. The van der Waals surface area contributed by atoms with Crippen LogP contribution in [0.5, 0.6) is 0 Å². The molecule has 2 aromatic heterocycles. The molecule has 5 atom stereocenters. The van der Waals surface area contributed by atoms with E-state index in [0.717, 1.165) is 87.4 Å². The predicted molar refractivity (Wildman–Crippen MR) is 339 cm³/mol. The van der Waals surface area contributed by atoms with Crippen molar-refractivity contribution in [3.63, 3.8) is 0 Å². The third-order valence-corrected chi connectivity index (χ3v) is 16.6. The van der Waals surface area contributed by atoms with Crippen molar-refractivity contribution < 1.29 is 28.7 Å². The number of nitrogens with zero attached hydrogens (tertiary/aromatic N) is 4. The smallest absolute Gasteiger partial charge is 0.407 e. The van der Waals surface area contributed by atoms with E-state index >= 15 is 0 Å². The number of allylic oxidation sites excluding steroid dienone is 8. The molecule has 3 aliphatic rings. The second-order valence-corrected chi connectivity index (χ2v) is 22.5. The van der Waals surface area contributed by atoms with Gasteiger partial charge >= 0.3 is 12.2 Å². The number of terminal acetylenes is 2. The normalized spacial score (nSPS) is 17.8. The third kappa shape index (κ3) is 13.4. The molecule has 2 fully saturated rings. The molecule has 0 saturated carbocycles. The molecule has 9 rings (SSSR count). The van der Waals surface area contributed by atoms with E-state index < -0.39 is 29.7 Å². The zero-order chi connectivity index (χ0) is 60.7. The number of aromatic nitrogens is 3. The fourth-order valence-electron chi connectivity index (χ4n) is 12.2. The van der Waals surface area contributed by atoms with E-state index in [0.29, 0.717) is 31.9 Å². The predicted octanol–water partition coefficient (Wildman–Crippen LogP) is 11.7. The fourth-order valence-corrected chi connectivity index (χ4v) is 12.2. The van der Waals surface area contributed by atoms with Gasteiger partial charge in [-0.25, -0.2) is 14.6 Å². The SMILES string of the molecule is C#C/C=C\C=C/CC(C(/C=C\Cn1c(-c2ccc(C3=CN[C@@H]([C@@H]4CCCN4C(=O)[C@@H](NC(=O)OC)C(C)C)N3)cc2)ccc1-c1ccc(-c2cnc([C@@H]3CCCN3C(=O)[C@@H](NC(=O)OC)C(C)C)[nH]2)cc1)=C/C#C)(c1ccccc1)c1ccccc1. The molecule has 0 bridgehead atoms. The topological polar surface area (TPSA) is 175 Å². The number of hydrogen-bond acceptors (Lipinski definition) is 9. The maximum Gasteiger partial charge on any atom is 0.407 e. The molecular formula is C71H77N9O6. The molecule has 15 heteroatoms. The number of amides is 4. The van der Waals surface area contributed by atoms with E-state index in [1.165, 1.54) is 14.2 Å². The Labute approximate surface area is 505 Å². The average molecular weight is 1150 g/mol. The van der Waals surface area contributed by atoms with Gasteiger partial charge in [-0.05, 0) is 107 Å². The highest BCUT2D eigenvalue weighted by molar-refractivity contribution is 5.87. The zero-order valence-electron chi connectivity index (χ0n) is 49.8. The van der Waals surface area contributed by atoms with Crippen LogP contribution in [0.4, 0.5) is 9.59 Å². The van der Waals surface area contributed by atoms with Crippen molar-refractivity contribution in [3.05, 3.63) is 204 Å². The van der Waals surface area contributed by atoms with Crippen LogP contribution in [0, 0.1) is 36.5 Å². The van der Waals surface area contributed by atoms with Crippen LogP contribution in [-0.4, -0.2) is 99.9 Å². The fraction of sp³-hybridized carbons (Fsp3) is 0.310. The maximum atomic E-state index is 13.9. The molecule has 4 amide bonds. The highest BCUT2D eigenvalue weighted by Crippen LogP contribution is 2.44. The standard InChI is InChI=1S/C71H77N9O6/c1-9-11-12-13-20-42-71(55-25-16-14-17-26-55,56-27-18-15-19-28-56)54(24-10-2)29-21-43-78-59(52-36-32-50(33-37-52)57-46-72-65(74-57)61-30-22-44-79(61)67(81)63(48(3)4)76-69(83)85-7)40-41-60(78)53-38-34-51(35-39-53)58-47-73-66(75-58)62-31-23-45-80(62)68(82)64(49(5)6)77-70(84)86-8/h1-2,11-21,24-29,32-41,46-49,61-65,72,74H,22-23,30-31,42-45H2,3-8H3,(H,73,75)(H,76,83)(H,77,84)/b12-11-,20-13-,29-21-,54-24+/t61-,62-,63-,64-,65+/m0/s1. The number of H-pyrrole nitrogens is 1. The minimum atomic E-state index is -0.732. The number of benzene rings is 4. The second-order valence-electron chi connectivity index (χ2n) is 22.5. The van der Waals surface area contributed by atoms with E-state index in [9.17, 15) is 19.2 Å². The van der Waals surface area contributed by atoms with Crippen LogP contribution < -0.4 is 21.3 Å². The first-order chi connectivity index (χ1) is 41.8. The highest BCUT2D eigenvalue weighted by Gasteiger charge is 2.41. The van der Waals surface area contributed by atoms with Crippen LogP contribution in [-0.2, 0) is 31.0 Å². The van der Waals surface area contributed by atoms with E-state index in [1.807, 2.05) is 80.3 Å². The van der Waals surface area contributed by atoms with Crippen LogP contribution in [0.25, 0.3) is 39.5 Å². The number of ether oxygens (including phenoxy) is 2. The van der Waals surface area contributed by atoms with Crippen LogP contribution >= 0.6 is 0 Å². The number of alkyl carbamates (subject to hydrolysis) is 2. The van der Waals surface area contributed by atoms with E-state index in [2.05, 4.69) is 170 Å². The lowest BCUT2D eigenvalue weighted by Gasteiger charge is -2.36. The molecule has 86 heavy (non-hydrogen) atoms. The van der Waals surface area contributed by atoms with Gasteiger partial charge in [0.2, 0.25) is 11.8 Å². The highest BCUT2D eigenvalue weighted by atomic mass is 16.5. The van der Waals surface area contributed by atoms with Gasteiger partial charge in [0.1, 0.15) is 24.1 Å². The van der Waals surface area contributed by atoms with Gasteiger partial charge in [-0.1, -0.05) is 179 Å². The Hall–Kier alpha value is -9.73. The zero-order valence-corrected chi connectivity index (χ0v) is 49.8. The van der Waals surface area contributed by atoms with E-state index in [1.54, 1.807) is 6.08 Å². The molecule has 6 aromatic rings. The van der Waals surface area contributed by atoms with Crippen molar-refractivity contribution >= 4 is 29.7 Å². The van der Waals surface area contributed by atoms with Gasteiger partial charge in [-0.2, -0.15) is 0 Å². The average Bonchev–Trinajstić information content (AvgIpc) is 2.83. The number of imidazole rings is 1. The van der Waals surface area contributed by atoms with Gasteiger partial charge in [-0.3, -0.25) is 9.59 Å². The molecule has 0 aliphatic carbocycles. The summed E-state index contributed by atoms with van der Waals surface area (Å²) in [6.45, 7) is 9.28. The van der Waals surface area contributed by atoms with Crippen molar-refractivity contribution in [2.45, 2.75) is 102 Å². The summed E-state index contributed by atoms with van der Waals surface area (Å²) >= 11 is 0. The Balaban J connectivity index is 1.02. The molecule has 442 valence electrons. The molecule has 0 unspecified atom stereocenters. The summed E-state index contributed by atoms with van der Waals surface area (Å²) in [5.41, 5.74) is 10.1. The molecule has 5 heterocycles. The summed E-state index contributed by atoms with van der Waals surface area (Å²) in [5, 5.41) is 12.7. The number of nitrogens with one attached hydrogen (secondary N) is 5. The summed E-state index contributed by atoms with van der Waals surface area (Å²) in [5.74, 6) is 5.61. The van der Waals surface area contributed by atoms with Gasteiger partial charge < -0.3 is 50.1 Å². The maximum absolute atomic E-state index is 13.9. The van der Waals surface area contributed by atoms with Crippen molar-refractivity contribution in [1.82, 2.24) is 45.6 Å². The van der Waals surface area contributed by atoms with Gasteiger partial charge in [-0.15, -0.1) is 12.8 Å². The van der Waals surface area contributed by atoms with E-state index in [-0.39, 0.29) is 41.9 Å². The van der Waals surface area contributed by atoms with Crippen molar-refractivity contribution in [2.24, 2.45) is 11.8 Å². The summed E-state index contributed by atoms with van der Waals surface area (Å²) in [6.07, 6.45) is 31.8. The largest absolute Gasteiger partial charge is 0.453 e. The number of rotatable bonds is 21. The number of aromatic amines is 1. The number of carbonyl (C=O) groups is 4. The van der Waals surface area contributed by atoms with E-state index in [4.69, 9.17) is 27.3 Å².